The molecule has 0 aliphatic rings. The van der Waals surface area contributed by atoms with Crippen LogP contribution in [0.15, 0.2) is 133 Å². The van der Waals surface area contributed by atoms with Gasteiger partial charge in [0.15, 0.2) is 11.6 Å². The number of aromatic nitrogens is 2. The summed E-state index contributed by atoms with van der Waals surface area (Å²) in [5, 5.41) is 0. The molecule has 0 radical (unpaired) electrons. The van der Waals surface area contributed by atoms with Gasteiger partial charge < -0.3 is 9.80 Å². The summed E-state index contributed by atoms with van der Waals surface area (Å²) in [5.41, 5.74) is 5.12. The highest BCUT2D eigenvalue weighted by molar-refractivity contribution is 6.09. The van der Waals surface area contributed by atoms with Crippen molar-refractivity contribution in [2.45, 2.75) is 6.04 Å². The third-order valence-electron chi connectivity index (χ3n) is 8.18. The molecule has 0 unspecified atom stereocenters. The molecule has 0 atom stereocenters. The molecule has 1 amide bonds. The molecule has 0 aliphatic heterocycles. The standard InChI is InChI=1S/C39H32F3N5O/c1-43-22-30(24-45(2)38(26-11-6-4-7-12-26)27-13-8-5-9-14-27)29-18-20-36-44-23-35(47(36)25-29)28-17-19-31(33(41)21-28)39(48)46(3)34-16-10-15-32(40)37(34)42/h4-25,38H,1-3H3/b30-24+,43-22-. The summed E-state index contributed by atoms with van der Waals surface area (Å²) in [5.74, 6) is -3.90. The van der Waals surface area contributed by atoms with Crippen molar-refractivity contribution in [3.05, 3.63) is 167 Å². The number of hydrogen-bond donors (Lipinski definition) is 0. The van der Waals surface area contributed by atoms with Gasteiger partial charge in [-0.15, -0.1) is 0 Å². The Morgan fingerprint density at radius 3 is 2.17 bits per heavy atom. The van der Waals surface area contributed by atoms with Gasteiger partial charge in [-0.25, -0.2) is 18.2 Å². The second-order valence-electron chi connectivity index (χ2n) is 11.3. The Morgan fingerprint density at radius 1 is 0.833 bits per heavy atom. The minimum Gasteiger partial charge on any atom is -0.369 e. The molecule has 0 saturated heterocycles. The van der Waals surface area contributed by atoms with Crippen molar-refractivity contribution in [3.63, 3.8) is 0 Å². The predicted octanol–water partition coefficient (Wildman–Crippen LogP) is 8.46. The highest BCUT2D eigenvalue weighted by Crippen LogP contribution is 2.31. The Hall–Kier alpha value is -5.96. The molecule has 2 aromatic heterocycles. The van der Waals surface area contributed by atoms with E-state index in [1.54, 1.807) is 25.5 Å². The molecule has 0 N–H and O–H groups in total. The Kier molecular flexibility index (Phi) is 9.20. The summed E-state index contributed by atoms with van der Waals surface area (Å²) in [7, 11) is 5.01. The number of amides is 1. The van der Waals surface area contributed by atoms with Crippen LogP contribution in [0.3, 0.4) is 0 Å². The fraction of sp³-hybridized carbons (Fsp3) is 0.103. The second-order valence-corrected chi connectivity index (χ2v) is 11.3. The second kappa shape index (κ2) is 13.8. The van der Waals surface area contributed by atoms with E-state index >= 15 is 4.39 Å². The van der Waals surface area contributed by atoms with Crippen LogP contribution in [0.5, 0.6) is 0 Å². The normalized spacial score (nSPS) is 11.9. The summed E-state index contributed by atoms with van der Waals surface area (Å²) in [6.45, 7) is 0. The first-order valence-electron chi connectivity index (χ1n) is 15.2. The van der Waals surface area contributed by atoms with E-state index < -0.39 is 23.4 Å². The van der Waals surface area contributed by atoms with Gasteiger partial charge in [-0.3, -0.25) is 14.2 Å². The minimum atomic E-state index is -1.18. The lowest BCUT2D eigenvalue weighted by Gasteiger charge is -2.29. The van der Waals surface area contributed by atoms with Crippen LogP contribution in [0, 0.1) is 17.5 Å². The summed E-state index contributed by atoms with van der Waals surface area (Å²) >= 11 is 0. The molecule has 4 aromatic carbocycles. The number of aliphatic imine (C=N–C) groups is 1. The number of anilines is 1. The molecule has 9 heteroatoms. The van der Waals surface area contributed by atoms with Crippen molar-refractivity contribution < 1.29 is 18.0 Å². The molecule has 48 heavy (non-hydrogen) atoms. The van der Waals surface area contributed by atoms with Gasteiger partial charge in [0.2, 0.25) is 0 Å². The minimum absolute atomic E-state index is 0.0548. The molecule has 0 saturated carbocycles. The van der Waals surface area contributed by atoms with Crippen molar-refractivity contribution >= 4 is 29.0 Å². The smallest absolute Gasteiger partial charge is 0.261 e. The molecule has 6 nitrogen and oxygen atoms in total. The van der Waals surface area contributed by atoms with Crippen LogP contribution in [-0.2, 0) is 0 Å². The van der Waals surface area contributed by atoms with E-state index in [1.165, 1.54) is 31.3 Å². The summed E-state index contributed by atoms with van der Waals surface area (Å²) < 4.78 is 45.4. The number of imidazole rings is 1. The zero-order valence-electron chi connectivity index (χ0n) is 26.6. The number of hydrogen-bond acceptors (Lipinski definition) is 4. The quantitative estimate of drug-likeness (QED) is 0.149. The highest BCUT2D eigenvalue weighted by atomic mass is 19.2. The van der Waals surface area contributed by atoms with Crippen LogP contribution < -0.4 is 4.90 Å². The third kappa shape index (κ3) is 6.35. The Morgan fingerprint density at radius 2 is 1.52 bits per heavy atom. The first kappa shape index (κ1) is 32.0. The van der Waals surface area contributed by atoms with Crippen molar-refractivity contribution in [3.8, 4) is 11.3 Å². The number of carbonyl (C=O) groups is 1. The van der Waals surface area contributed by atoms with Crippen LogP contribution in [0.2, 0.25) is 0 Å². The lowest BCUT2D eigenvalue weighted by Crippen LogP contribution is -2.28. The summed E-state index contributed by atoms with van der Waals surface area (Å²) in [6, 6.07) is 32.0. The van der Waals surface area contributed by atoms with Crippen molar-refractivity contribution in [1.82, 2.24) is 14.3 Å². The number of benzene rings is 4. The number of allylic oxidation sites excluding steroid dienone is 1. The summed E-state index contributed by atoms with van der Waals surface area (Å²) in [6.07, 6.45) is 7.39. The van der Waals surface area contributed by atoms with E-state index in [0.29, 0.717) is 16.9 Å². The number of nitrogens with zero attached hydrogens (tertiary/aromatic N) is 5. The zero-order valence-corrected chi connectivity index (χ0v) is 26.6. The number of carbonyl (C=O) groups excluding carboxylic acids is 1. The fourth-order valence-corrected chi connectivity index (χ4v) is 5.80. The molecular formula is C39H32F3N5O. The molecule has 0 fully saturated rings. The van der Waals surface area contributed by atoms with Crippen LogP contribution >= 0.6 is 0 Å². The third-order valence-corrected chi connectivity index (χ3v) is 8.18. The number of rotatable bonds is 9. The maximum Gasteiger partial charge on any atom is 0.261 e. The van der Waals surface area contributed by atoms with Crippen LogP contribution in [0.25, 0.3) is 22.5 Å². The fourth-order valence-electron chi connectivity index (χ4n) is 5.80. The van der Waals surface area contributed by atoms with E-state index in [-0.39, 0.29) is 17.3 Å². The monoisotopic (exact) mass is 643 g/mol. The molecule has 6 aromatic rings. The predicted molar refractivity (Wildman–Crippen MR) is 185 cm³/mol. The Bertz CT molecular complexity index is 2100. The Balaban J connectivity index is 1.34. The number of fused-ring (bicyclic) bond motifs is 1. The van der Waals surface area contributed by atoms with Crippen LogP contribution in [-0.4, -0.2) is 47.5 Å². The summed E-state index contributed by atoms with van der Waals surface area (Å²) in [4.78, 5) is 25.0. The van der Waals surface area contributed by atoms with Crippen LogP contribution in [0.1, 0.15) is 33.1 Å². The van der Waals surface area contributed by atoms with Crippen molar-refractivity contribution in [1.29, 1.82) is 0 Å². The van der Waals surface area contributed by atoms with Gasteiger partial charge in [0.25, 0.3) is 5.91 Å². The first-order chi connectivity index (χ1) is 23.3. The van der Waals surface area contributed by atoms with Crippen LogP contribution in [0.4, 0.5) is 18.9 Å². The average molecular weight is 644 g/mol. The van der Waals surface area contributed by atoms with E-state index in [1.807, 2.05) is 72.4 Å². The van der Waals surface area contributed by atoms with Gasteiger partial charge in [0, 0.05) is 56.5 Å². The van der Waals surface area contributed by atoms with Gasteiger partial charge in [-0.1, -0.05) is 72.8 Å². The molecule has 6 rings (SSSR count). The van der Waals surface area contributed by atoms with Crippen molar-refractivity contribution in [2.24, 2.45) is 4.99 Å². The molecule has 0 bridgehead atoms. The highest BCUT2D eigenvalue weighted by Gasteiger charge is 2.23. The molecule has 0 aliphatic carbocycles. The maximum absolute atomic E-state index is 15.5. The van der Waals surface area contributed by atoms with Gasteiger partial charge in [0.1, 0.15) is 11.5 Å². The molecular weight excluding hydrogens is 611 g/mol. The van der Waals surface area contributed by atoms with E-state index in [9.17, 15) is 13.6 Å². The lowest BCUT2D eigenvalue weighted by molar-refractivity contribution is 0.0988. The van der Waals surface area contributed by atoms with E-state index in [2.05, 4.69) is 39.1 Å². The average Bonchev–Trinajstić information content (AvgIpc) is 3.53. The molecule has 240 valence electrons. The van der Waals surface area contributed by atoms with Gasteiger partial charge >= 0.3 is 0 Å². The van der Waals surface area contributed by atoms with Gasteiger partial charge in [-0.05, 0) is 47.5 Å². The van der Waals surface area contributed by atoms with Gasteiger partial charge in [-0.2, -0.15) is 0 Å². The lowest BCUT2D eigenvalue weighted by atomic mass is 9.97. The first-order valence-corrected chi connectivity index (χ1v) is 15.2. The number of halogens is 3. The largest absolute Gasteiger partial charge is 0.369 e. The SMILES string of the molecule is C/N=C\C(=C/N(C)C(c1ccccc1)c1ccccc1)c1ccc2ncc(-c3ccc(C(=O)N(C)c4cccc(F)c4F)c(F)c3)n2c1. The zero-order chi connectivity index (χ0) is 33.8. The molecule has 0 spiro atoms. The maximum atomic E-state index is 15.5. The number of pyridine rings is 1. The van der Waals surface area contributed by atoms with E-state index in [4.69, 9.17) is 0 Å². The van der Waals surface area contributed by atoms with Crippen molar-refractivity contribution in [2.75, 3.05) is 26.0 Å². The van der Waals surface area contributed by atoms with Gasteiger partial charge in [0.05, 0.1) is 29.2 Å². The Labute approximate surface area is 276 Å². The topological polar surface area (TPSA) is 53.2 Å². The van der Waals surface area contributed by atoms with E-state index in [0.717, 1.165) is 33.2 Å². The molecule has 2 heterocycles.